The second-order valence-electron chi connectivity index (χ2n) is 5.25. The molecule has 4 rings (SSSR count). The van der Waals surface area contributed by atoms with Crippen molar-refractivity contribution in [2.45, 2.75) is 6.61 Å². The van der Waals surface area contributed by atoms with Crippen molar-refractivity contribution in [1.82, 2.24) is 19.6 Å². The monoisotopic (exact) mass is 320 g/mol. The third-order valence-corrected chi connectivity index (χ3v) is 3.70. The molecule has 4 aromatic rings. The topological polar surface area (TPSA) is 89.3 Å². The van der Waals surface area contributed by atoms with Gasteiger partial charge < -0.3 is 4.74 Å². The summed E-state index contributed by atoms with van der Waals surface area (Å²) in [5, 5.41) is 7.14. The fourth-order valence-corrected chi connectivity index (χ4v) is 2.53. The van der Waals surface area contributed by atoms with Gasteiger partial charge in [-0.05, 0) is 35.9 Å². The molecule has 0 spiro atoms. The Morgan fingerprint density at radius 3 is 3.04 bits per heavy atom. The molecule has 0 saturated heterocycles. The van der Waals surface area contributed by atoms with E-state index in [2.05, 4.69) is 15.2 Å². The minimum atomic E-state index is -0.536. The van der Waals surface area contributed by atoms with Crippen molar-refractivity contribution in [3.63, 3.8) is 0 Å². The largest absolute Gasteiger partial charge is 0.457 e. The molecule has 0 aliphatic rings. The molecular formula is C17H12N4O3. The Bertz CT molecular complexity index is 1110. The summed E-state index contributed by atoms with van der Waals surface area (Å²) in [5.41, 5.74) is 1.82. The van der Waals surface area contributed by atoms with Crippen LogP contribution in [0.4, 0.5) is 0 Å². The van der Waals surface area contributed by atoms with E-state index in [1.54, 1.807) is 18.3 Å². The molecule has 1 aromatic carbocycles. The molecule has 0 amide bonds. The standard InChI is InChI=1S/C17H12N4O3/c22-16(13-4-2-8-21-15(13)19-20-17(21)23)24-10-11-5-6-14-12(9-11)3-1-7-18-14/h1-9H,10H2,(H,20,23). The Kier molecular flexibility index (Phi) is 3.31. The number of ether oxygens (including phenoxy) is 1. The van der Waals surface area contributed by atoms with Gasteiger partial charge in [0.15, 0.2) is 5.65 Å². The molecule has 0 fully saturated rings. The van der Waals surface area contributed by atoms with Crippen molar-refractivity contribution in [1.29, 1.82) is 0 Å². The molecule has 0 unspecified atom stereocenters. The van der Waals surface area contributed by atoms with Crippen LogP contribution in [0, 0.1) is 0 Å². The van der Waals surface area contributed by atoms with Crippen molar-refractivity contribution in [2.75, 3.05) is 0 Å². The van der Waals surface area contributed by atoms with E-state index in [1.807, 2.05) is 30.3 Å². The number of aromatic nitrogens is 4. The number of nitrogens with zero attached hydrogens (tertiary/aromatic N) is 3. The van der Waals surface area contributed by atoms with Crippen LogP contribution >= 0.6 is 0 Å². The number of esters is 1. The van der Waals surface area contributed by atoms with Gasteiger partial charge in [-0.25, -0.2) is 19.1 Å². The Labute approximate surface area is 135 Å². The van der Waals surface area contributed by atoms with Crippen molar-refractivity contribution >= 4 is 22.5 Å². The van der Waals surface area contributed by atoms with Gasteiger partial charge in [0.2, 0.25) is 0 Å². The third kappa shape index (κ3) is 2.41. The van der Waals surface area contributed by atoms with Crippen LogP contribution in [0.15, 0.2) is 59.7 Å². The third-order valence-electron chi connectivity index (χ3n) is 3.70. The fraction of sp³-hybridized carbons (Fsp3) is 0.0588. The van der Waals surface area contributed by atoms with Gasteiger partial charge in [-0.3, -0.25) is 4.98 Å². The number of hydrogen-bond acceptors (Lipinski definition) is 5. The molecule has 3 aromatic heterocycles. The molecule has 1 N–H and O–H groups in total. The molecule has 0 aliphatic carbocycles. The second kappa shape index (κ2) is 5.62. The number of benzene rings is 1. The van der Waals surface area contributed by atoms with Gasteiger partial charge in [0.1, 0.15) is 12.2 Å². The summed E-state index contributed by atoms with van der Waals surface area (Å²) in [7, 11) is 0. The zero-order valence-electron chi connectivity index (χ0n) is 12.5. The van der Waals surface area contributed by atoms with E-state index in [0.717, 1.165) is 16.5 Å². The molecule has 0 saturated carbocycles. The summed E-state index contributed by atoms with van der Waals surface area (Å²) in [5.74, 6) is -0.536. The van der Waals surface area contributed by atoms with E-state index in [-0.39, 0.29) is 17.8 Å². The number of aromatic amines is 1. The quantitative estimate of drug-likeness (QED) is 0.583. The lowest BCUT2D eigenvalue weighted by molar-refractivity contribution is 0.0474. The Balaban J connectivity index is 1.58. The average Bonchev–Trinajstić information content (AvgIpc) is 3.01. The molecule has 24 heavy (non-hydrogen) atoms. The Morgan fingerprint density at radius 1 is 1.21 bits per heavy atom. The summed E-state index contributed by atoms with van der Waals surface area (Å²) >= 11 is 0. The van der Waals surface area contributed by atoms with Gasteiger partial charge in [0.25, 0.3) is 0 Å². The molecule has 0 atom stereocenters. The molecule has 7 nitrogen and oxygen atoms in total. The number of rotatable bonds is 3. The van der Waals surface area contributed by atoms with Crippen molar-refractivity contribution in [3.8, 4) is 0 Å². The van der Waals surface area contributed by atoms with Crippen LogP contribution < -0.4 is 5.69 Å². The number of H-pyrrole nitrogens is 1. The zero-order valence-corrected chi connectivity index (χ0v) is 12.5. The van der Waals surface area contributed by atoms with Crippen LogP contribution in [0.1, 0.15) is 15.9 Å². The van der Waals surface area contributed by atoms with Gasteiger partial charge in [-0.2, -0.15) is 5.10 Å². The number of carbonyl (C=O) groups is 1. The molecule has 0 bridgehead atoms. The summed E-state index contributed by atoms with van der Waals surface area (Å²) in [4.78, 5) is 28.1. The maximum absolute atomic E-state index is 12.3. The normalized spacial score (nSPS) is 11.0. The Hall–Kier alpha value is -3.48. The van der Waals surface area contributed by atoms with Gasteiger partial charge in [-0.1, -0.05) is 12.1 Å². The van der Waals surface area contributed by atoms with E-state index in [0.29, 0.717) is 0 Å². The number of pyridine rings is 2. The molecule has 118 valence electrons. The van der Waals surface area contributed by atoms with E-state index >= 15 is 0 Å². The summed E-state index contributed by atoms with van der Waals surface area (Å²) < 4.78 is 6.61. The second-order valence-corrected chi connectivity index (χ2v) is 5.25. The summed E-state index contributed by atoms with van der Waals surface area (Å²) in [6.07, 6.45) is 3.27. The van der Waals surface area contributed by atoms with Crippen LogP contribution in [0.5, 0.6) is 0 Å². The van der Waals surface area contributed by atoms with E-state index < -0.39 is 11.7 Å². The van der Waals surface area contributed by atoms with Gasteiger partial charge in [0.05, 0.1) is 5.52 Å². The first-order valence-electron chi connectivity index (χ1n) is 7.29. The summed E-state index contributed by atoms with van der Waals surface area (Å²) in [6, 6.07) is 12.6. The van der Waals surface area contributed by atoms with Crippen molar-refractivity contribution in [2.24, 2.45) is 0 Å². The predicted molar refractivity (Wildman–Crippen MR) is 86.7 cm³/mol. The van der Waals surface area contributed by atoms with E-state index in [9.17, 15) is 9.59 Å². The van der Waals surface area contributed by atoms with Crippen molar-refractivity contribution < 1.29 is 9.53 Å². The molecule has 0 radical (unpaired) electrons. The molecular weight excluding hydrogens is 308 g/mol. The zero-order chi connectivity index (χ0) is 16.5. The Morgan fingerprint density at radius 2 is 2.12 bits per heavy atom. The van der Waals surface area contributed by atoms with Gasteiger partial charge in [-0.15, -0.1) is 0 Å². The highest BCUT2D eigenvalue weighted by Crippen LogP contribution is 2.15. The van der Waals surface area contributed by atoms with Gasteiger partial charge >= 0.3 is 11.7 Å². The minimum absolute atomic E-state index is 0.124. The highest BCUT2D eigenvalue weighted by Gasteiger charge is 2.14. The van der Waals surface area contributed by atoms with Crippen LogP contribution in [-0.4, -0.2) is 25.6 Å². The predicted octanol–water partition coefficient (Wildman–Crippen LogP) is 1.93. The average molecular weight is 320 g/mol. The highest BCUT2D eigenvalue weighted by molar-refractivity contribution is 5.95. The lowest BCUT2D eigenvalue weighted by atomic mass is 10.1. The first-order valence-corrected chi connectivity index (χ1v) is 7.29. The van der Waals surface area contributed by atoms with Gasteiger partial charge in [0, 0.05) is 17.8 Å². The molecule has 3 heterocycles. The molecule has 7 heteroatoms. The fourth-order valence-electron chi connectivity index (χ4n) is 2.53. The number of carbonyl (C=O) groups excluding carboxylic acids is 1. The first-order chi connectivity index (χ1) is 11.7. The lowest BCUT2D eigenvalue weighted by Crippen LogP contribution is -2.11. The van der Waals surface area contributed by atoms with E-state index in [4.69, 9.17) is 4.74 Å². The SMILES string of the molecule is O=C(OCc1ccc2ncccc2c1)c1cccn2c(=O)[nH]nc12. The summed E-state index contributed by atoms with van der Waals surface area (Å²) in [6.45, 7) is 0.124. The van der Waals surface area contributed by atoms with E-state index in [1.165, 1.54) is 10.6 Å². The van der Waals surface area contributed by atoms with Crippen LogP contribution in [0.2, 0.25) is 0 Å². The number of nitrogens with one attached hydrogen (secondary N) is 1. The minimum Gasteiger partial charge on any atom is -0.457 e. The lowest BCUT2D eigenvalue weighted by Gasteiger charge is -2.06. The number of fused-ring (bicyclic) bond motifs is 2. The maximum Gasteiger partial charge on any atom is 0.347 e. The van der Waals surface area contributed by atoms with Crippen LogP contribution in [0.3, 0.4) is 0 Å². The van der Waals surface area contributed by atoms with Crippen LogP contribution in [0.25, 0.3) is 16.6 Å². The molecule has 0 aliphatic heterocycles. The smallest absolute Gasteiger partial charge is 0.347 e. The number of hydrogen-bond donors (Lipinski definition) is 1. The maximum atomic E-state index is 12.3. The van der Waals surface area contributed by atoms with Crippen LogP contribution in [-0.2, 0) is 11.3 Å². The highest BCUT2D eigenvalue weighted by atomic mass is 16.5. The first kappa shape index (κ1) is 14.1. The van der Waals surface area contributed by atoms with Crippen molar-refractivity contribution in [3.05, 3.63) is 76.5 Å².